The first kappa shape index (κ1) is 17.3. The summed E-state index contributed by atoms with van der Waals surface area (Å²) in [6, 6.07) is 7.79. The number of amides is 2. The van der Waals surface area contributed by atoms with Gasteiger partial charge in [0.15, 0.2) is 0 Å². The number of hydrogen-bond donors (Lipinski definition) is 1. The molecule has 6 nitrogen and oxygen atoms in total. The van der Waals surface area contributed by atoms with Crippen LogP contribution < -0.4 is 10.1 Å². The second-order valence-corrected chi connectivity index (χ2v) is 5.64. The number of ether oxygens (including phenoxy) is 1. The van der Waals surface area contributed by atoms with Gasteiger partial charge < -0.3 is 19.9 Å². The highest BCUT2D eigenvalue weighted by atomic mass is 16.5. The molecule has 1 aromatic carbocycles. The molecule has 6 heteroatoms. The molecule has 126 valence electrons. The monoisotopic (exact) mass is 319 g/mol. The summed E-state index contributed by atoms with van der Waals surface area (Å²) in [5, 5.41) is 2.86. The molecular formula is C17H25N3O3. The first-order chi connectivity index (χ1) is 11.1. The summed E-state index contributed by atoms with van der Waals surface area (Å²) >= 11 is 0. The number of carbonyl (C=O) groups excluding carboxylic acids is 2. The number of aryl methyl sites for hydroxylation is 1. The Balaban J connectivity index is 1.75. The molecule has 1 fully saturated rings. The first-order valence-corrected chi connectivity index (χ1v) is 7.97. The van der Waals surface area contributed by atoms with Crippen molar-refractivity contribution < 1.29 is 14.3 Å². The van der Waals surface area contributed by atoms with E-state index < -0.39 is 0 Å². The summed E-state index contributed by atoms with van der Waals surface area (Å²) < 4.78 is 5.12. The summed E-state index contributed by atoms with van der Waals surface area (Å²) in [7, 11) is 3.40. The Morgan fingerprint density at radius 2 is 1.61 bits per heavy atom. The van der Waals surface area contributed by atoms with Crippen molar-refractivity contribution in [1.29, 1.82) is 0 Å². The van der Waals surface area contributed by atoms with E-state index in [1.54, 1.807) is 14.2 Å². The van der Waals surface area contributed by atoms with Gasteiger partial charge in [-0.2, -0.15) is 0 Å². The zero-order valence-corrected chi connectivity index (χ0v) is 13.9. The lowest BCUT2D eigenvalue weighted by atomic mass is 10.1. The fourth-order valence-electron chi connectivity index (χ4n) is 2.67. The van der Waals surface area contributed by atoms with Crippen LogP contribution in [-0.4, -0.2) is 68.5 Å². The molecule has 2 rings (SSSR count). The number of nitrogens with zero attached hydrogens (tertiary/aromatic N) is 2. The van der Waals surface area contributed by atoms with E-state index in [-0.39, 0.29) is 11.8 Å². The number of nitrogens with one attached hydrogen (secondary N) is 1. The fourth-order valence-corrected chi connectivity index (χ4v) is 2.67. The van der Waals surface area contributed by atoms with Crippen LogP contribution in [-0.2, 0) is 16.0 Å². The van der Waals surface area contributed by atoms with E-state index in [4.69, 9.17) is 4.74 Å². The molecule has 1 aliphatic rings. The highest BCUT2D eigenvalue weighted by molar-refractivity contribution is 5.79. The summed E-state index contributed by atoms with van der Waals surface area (Å²) in [6.45, 7) is 2.84. The van der Waals surface area contributed by atoms with Gasteiger partial charge in [0.1, 0.15) is 5.75 Å². The van der Waals surface area contributed by atoms with Crippen LogP contribution >= 0.6 is 0 Å². The molecule has 1 aromatic rings. The Labute approximate surface area is 137 Å². The Morgan fingerprint density at radius 3 is 2.13 bits per heavy atom. The standard InChI is InChI=1S/C17H25N3O3/c1-18-13-17(22)20-11-9-19(10-12-20)16(21)8-5-14-3-6-15(23-2)7-4-14/h3-4,6-7,18H,5,8-13H2,1-2H3. The van der Waals surface area contributed by atoms with Gasteiger partial charge in [0.2, 0.25) is 11.8 Å². The van der Waals surface area contributed by atoms with Crippen molar-refractivity contribution >= 4 is 11.8 Å². The van der Waals surface area contributed by atoms with Crippen LogP contribution in [0, 0.1) is 0 Å². The first-order valence-electron chi connectivity index (χ1n) is 7.97. The molecule has 1 N–H and O–H groups in total. The van der Waals surface area contributed by atoms with Crippen molar-refractivity contribution in [1.82, 2.24) is 15.1 Å². The predicted molar refractivity (Wildman–Crippen MR) is 88.4 cm³/mol. The fraction of sp³-hybridized carbons (Fsp3) is 0.529. The maximum Gasteiger partial charge on any atom is 0.236 e. The number of benzene rings is 1. The molecule has 2 amide bonds. The Hall–Kier alpha value is -2.08. The van der Waals surface area contributed by atoms with Crippen molar-refractivity contribution in [2.75, 3.05) is 46.9 Å². The van der Waals surface area contributed by atoms with Crippen LogP contribution in [0.2, 0.25) is 0 Å². The average Bonchev–Trinajstić information content (AvgIpc) is 2.60. The quantitative estimate of drug-likeness (QED) is 0.830. The largest absolute Gasteiger partial charge is 0.497 e. The summed E-state index contributed by atoms with van der Waals surface area (Å²) in [5.74, 6) is 1.07. The minimum Gasteiger partial charge on any atom is -0.497 e. The Bertz CT molecular complexity index is 522. The van der Waals surface area contributed by atoms with E-state index in [1.807, 2.05) is 34.1 Å². The second kappa shape index (κ2) is 8.53. The van der Waals surface area contributed by atoms with E-state index in [0.717, 1.165) is 17.7 Å². The van der Waals surface area contributed by atoms with Gasteiger partial charge in [-0.3, -0.25) is 9.59 Å². The van der Waals surface area contributed by atoms with Gasteiger partial charge in [-0.05, 0) is 31.2 Å². The minimum atomic E-state index is 0.0952. The molecule has 0 saturated carbocycles. The van der Waals surface area contributed by atoms with E-state index in [0.29, 0.717) is 39.1 Å². The molecule has 0 bridgehead atoms. The maximum atomic E-state index is 12.3. The second-order valence-electron chi connectivity index (χ2n) is 5.64. The van der Waals surface area contributed by atoms with E-state index in [9.17, 15) is 9.59 Å². The normalized spacial score (nSPS) is 14.7. The van der Waals surface area contributed by atoms with E-state index in [1.165, 1.54) is 0 Å². The third-order valence-electron chi connectivity index (χ3n) is 4.10. The van der Waals surface area contributed by atoms with Crippen molar-refractivity contribution in [3.8, 4) is 5.75 Å². The number of rotatable bonds is 6. The summed E-state index contributed by atoms with van der Waals surface area (Å²) in [6.07, 6.45) is 1.22. The maximum absolute atomic E-state index is 12.3. The number of piperazine rings is 1. The van der Waals surface area contributed by atoms with Gasteiger partial charge in [-0.25, -0.2) is 0 Å². The lowest BCUT2D eigenvalue weighted by Crippen LogP contribution is -2.52. The van der Waals surface area contributed by atoms with Crippen LogP contribution in [0.3, 0.4) is 0 Å². The lowest BCUT2D eigenvalue weighted by Gasteiger charge is -2.34. The minimum absolute atomic E-state index is 0.0952. The van der Waals surface area contributed by atoms with Crippen LogP contribution in [0.25, 0.3) is 0 Å². The Morgan fingerprint density at radius 1 is 1.04 bits per heavy atom. The number of methoxy groups -OCH3 is 1. The van der Waals surface area contributed by atoms with E-state index in [2.05, 4.69) is 5.32 Å². The highest BCUT2D eigenvalue weighted by Gasteiger charge is 2.23. The van der Waals surface area contributed by atoms with Gasteiger partial charge in [-0.1, -0.05) is 12.1 Å². The van der Waals surface area contributed by atoms with Gasteiger partial charge in [0.05, 0.1) is 13.7 Å². The average molecular weight is 319 g/mol. The smallest absolute Gasteiger partial charge is 0.236 e. The molecule has 0 unspecified atom stereocenters. The van der Waals surface area contributed by atoms with Crippen LogP contribution in [0.5, 0.6) is 5.75 Å². The zero-order chi connectivity index (χ0) is 16.7. The van der Waals surface area contributed by atoms with E-state index >= 15 is 0 Å². The molecule has 1 aliphatic heterocycles. The van der Waals surface area contributed by atoms with Crippen LogP contribution in [0.1, 0.15) is 12.0 Å². The van der Waals surface area contributed by atoms with Crippen molar-refractivity contribution in [2.45, 2.75) is 12.8 Å². The number of carbonyl (C=O) groups is 2. The van der Waals surface area contributed by atoms with Gasteiger partial charge in [0, 0.05) is 32.6 Å². The summed E-state index contributed by atoms with van der Waals surface area (Å²) in [5.41, 5.74) is 1.13. The van der Waals surface area contributed by atoms with Crippen LogP contribution in [0.15, 0.2) is 24.3 Å². The molecule has 0 atom stereocenters. The molecule has 1 heterocycles. The van der Waals surface area contributed by atoms with Crippen molar-refractivity contribution in [3.63, 3.8) is 0 Å². The zero-order valence-electron chi connectivity index (χ0n) is 13.9. The number of hydrogen-bond acceptors (Lipinski definition) is 4. The molecule has 23 heavy (non-hydrogen) atoms. The topological polar surface area (TPSA) is 61.9 Å². The van der Waals surface area contributed by atoms with Gasteiger partial charge in [0.25, 0.3) is 0 Å². The molecule has 1 saturated heterocycles. The predicted octanol–water partition coefficient (Wildman–Crippen LogP) is 0.518. The Kier molecular flexibility index (Phi) is 6.40. The molecule has 0 aliphatic carbocycles. The lowest BCUT2D eigenvalue weighted by molar-refractivity contribution is -0.139. The summed E-state index contributed by atoms with van der Waals surface area (Å²) in [4.78, 5) is 27.7. The van der Waals surface area contributed by atoms with Crippen molar-refractivity contribution in [3.05, 3.63) is 29.8 Å². The van der Waals surface area contributed by atoms with Crippen LogP contribution in [0.4, 0.5) is 0 Å². The van der Waals surface area contributed by atoms with Crippen molar-refractivity contribution in [2.24, 2.45) is 0 Å². The molecule has 0 radical (unpaired) electrons. The third-order valence-corrected chi connectivity index (χ3v) is 4.10. The SMILES string of the molecule is CNCC(=O)N1CCN(C(=O)CCc2ccc(OC)cc2)CC1. The van der Waals surface area contributed by atoms with Gasteiger partial charge in [-0.15, -0.1) is 0 Å². The molecular weight excluding hydrogens is 294 g/mol. The third kappa shape index (κ3) is 4.96. The number of likely N-dealkylation sites (N-methyl/N-ethyl adjacent to an activating group) is 1. The van der Waals surface area contributed by atoms with Gasteiger partial charge >= 0.3 is 0 Å². The molecule has 0 aromatic heterocycles. The molecule has 0 spiro atoms. The highest BCUT2D eigenvalue weighted by Crippen LogP contribution is 2.13.